The van der Waals surface area contributed by atoms with E-state index in [1.54, 1.807) is 7.11 Å². The number of aromatic nitrogens is 1. The zero-order chi connectivity index (χ0) is 18.1. The van der Waals surface area contributed by atoms with Crippen molar-refractivity contribution in [2.24, 2.45) is 5.73 Å². The maximum atomic E-state index is 6.61. The fraction of sp³-hybridized carbons (Fsp3) is 0.286. The Kier molecular flexibility index (Phi) is 4.70. The van der Waals surface area contributed by atoms with Gasteiger partial charge in [0, 0.05) is 36.3 Å². The normalized spacial score (nSPS) is 15.4. The van der Waals surface area contributed by atoms with Crippen LogP contribution in [0.4, 0.5) is 5.82 Å². The summed E-state index contributed by atoms with van der Waals surface area (Å²) >= 11 is 6.61. The molecule has 4 rings (SSSR count). The quantitative estimate of drug-likeness (QED) is 0.741. The summed E-state index contributed by atoms with van der Waals surface area (Å²) in [6, 6.07) is 14.3. The molecular weight excluding hydrogens is 346 g/mol. The van der Waals surface area contributed by atoms with Gasteiger partial charge >= 0.3 is 0 Å². The fourth-order valence-electron chi connectivity index (χ4n) is 3.61. The molecule has 2 aromatic carbocycles. The van der Waals surface area contributed by atoms with Gasteiger partial charge in [0.25, 0.3) is 0 Å². The second-order valence-corrected chi connectivity index (χ2v) is 7.12. The standard InChI is InChI=1S/C21H22ClN3O/c1-26-16-5-2-4-14(12-16)18-13-24-21(25-10-8-15(23)9-11-25)20-17(18)6-3-7-19(20)22/h2-7,12-13,15H,8-11,23H2,1H3. The molecule has 0 bridgehead atoms. The van der Waals surface area contributed by atoms with Crippen molar-refractivity contribution in [3.8, 4) is 16.9 Å². The van der Waals surface area contributed by atoms with E-state index in [9.17, 15) is 0 Å². The summed E-state index contributed by atoms with van der Waals surface area (Å²) < 4.78 is 5.37. The minimum absolute atomic E-state index is 0.282. The number of methoxy groups -OCH3 is 1. The van der Waals surface area contributed by atoms with E-state index in [4.69, 9.17) is 27.1 Å². The predicted octanol–water partition coefficient (Wildman–Crippen LogP) is 4.49. The highest BCUT2D eigenvalue weighted by molar-refractivity contribution is 6.37. The lowest BCUT2D eigenvalue weighted by molar-refractivity contribution is 0.415. The van der Waals surface area contributed by atoms with Gasteiger partial charge in [-0.1, -0.05) is 35.9 Å². The van der Waals surface area contributed by atoms with Gasteiger partial charge in [-0.25, -0.2) is 4.98 Å². The van der Waals surface area contributed by atoms with Crippen molar-refractivity contribution in [1.29, 1.82) is 0 Å². The summed E-state index contributed by atoms with van der Waals surface area (Å²) in [6.07, 6.45) is 3.90. The summed E-state index contributed by atoms with van der Waals surface area (Å²) in [7, 11) is 1.68. The Balaban J connectivity index is 1.87. The average Bonchev–Trinajstić information content (AvgIpc) is 2.68. The maximum absolute atomic E-state index is 6.61. The van der Waals surface area contributed by atoms with Crippen LogP contribution in [0, 0.1) is 0 Å². The summed E-state index contributed by atoms with van der Waals surface area (Å²) in [6.45, 7) is 1.82. The second-order valence-electron chi connectivity index (χ2n) is 6.71. The molecule has 0 radical (unpaired) electrons. The largest absolute Gasteiger partial charge is 0.497 e. The van der Waals surface area contributed by atoms with Gasteiger partial charge in [0.2, 0.25) is 0 Å². The molecule has 26 heavy (non-hydrogen) atoms. The van der Waals surface area contributed by atoms with Crippen LogP contribution < -0.4 is 15.4 Å². The molecule has 0 saturated carbocycles. The molecule has 0 aliphatic carbocycles. The molecule has 0 unspecified atom stereocenters. The number of benzene rings is 2. The molecule has 0 spiro atoms. The molecule has 2 N–H and O–H groups in total. The second kappa shape index (κ2) is 7.14. The number of rotatable bonds is 3. The third kappa shape index (κ3) is 3.11. The van der Waals surface area contributed by atoms with E-state index in [1.165, 1.54) is 0 Å². The van der Waals surface area contributed by atoms with Crippen molar-refractivity contribution >= 4 is 28.2 Å². The molecular formula is C21H22ClN3O. The highest BCUT2D eigenvalue weighted by Gasteiger charge is 2.21. The van der Waals surface area contributed by atoms with Gasteiger partial charge in [-0.3, -0.25) is 0 Å². The number of hydrogen-bond acceptors (Lipinski definition) is 4. The highest BCUT2D eigenvalue weighted by atomic mass is 35.5. The number of nitrogens with two attached hydrogens (primary N) is 1. The van der Waals surface area contributed by atoms with Crippen LogP contribution in [-0.2, 0) is 0 Å². The van der Waals surface area contributed by atoms with Crippen LogP contribution in [0.25, 0.3) is 21.9 Å². The van der Waals surface area contributed by atoms with Crippen LogP contribution in [0.1, 0.15) is 12.8 Å². The zero-order valence-corrected chi connectivity index (χ0v) is 15.5. The molecule has 2 heterocycles. The van der Waals surface area contributed by atoms with Crippen LogP contribution in [0.5, 0.6) is 5.75 Å². The molecule has 3 aromatic rings. The number of ether oxygens (including phenoxy) is 1. The SMILES string of the molecule is COc1cccc(-c2cnc(N3CCC(N)CC3)c3c(Cl)cccc23)c1. The third-order valence-corrected chi connectivity index (χ3v) is 5.38. The number of hydrogen-bond donors (Lipinski definition) is 1. The fourth-order valence-corrected chi connectivity index (χ4v) is 3.87. The molecule has 4 nitrogen and oxygen atoms in total. The van der Waals surface area contributed by atoms with Gasteiger partial charge in [0.15, 0.2) is 0 Å². The predicted molar refractivity (Wildman–Crippen MR) is 108 cm³/mol. The van der Waals surface area contributed by atoms with Crippen molar-refractivity contribution in [2.45, 2.75) is 18.9 Å². The van der Waals surface area contributed by atoms with Gasteiger partial charge in [0.05, 0.1) is 12.1 Å². The van der Waals surface area contributed by atoms with E-state index in [-0.39, 0.29) is 6.04 Å². The molecule has 1 saturated heterocycles. The van der Waals surface area contributed by atoms with Crippen LogP contribution in [0.15, 0.2) is 48.7 Å². The highest BCUT2D eigenvalue weighted by Crippen LogP contribution is 2.38. The monoisotopic (exact) mass is 367 g/mol. The molecule has 1 aromatic heterocycles. The molecule has 1 aliphatic rings. The van der Waals surface area contributed by atoms with Gasteiger partial charge in [0.1, 0.15) is 11.6 Å². The van der Waals surface area contributed by atoms with Crippen molar-refractivity contribution in [2.75, 3.05) is 25.1 Å². The first-order valence-electron chi connectivity index (χ1n) is 8.89. The molecule has 0 amide bonds. The molecule has 1 aliphatic heterocycles. The summed E-state index contributed by atoms with van der Waals surface area (Å²) in [4.78, 5) is 7.11. The zero-order valence-electron chi connectivity index (χ0n) is 14.8. The van der Waals surface area contributed by atoms with Crippen LogP contribution >= 0.6 is 11.6 Å². The number of pyridine rings is 1. The first-order chi connectivity index (χ1) is 12.7. The van der Waals surface area contributed by atoms with E-state index < -0.39 is 0 Å². The summed E-state index contributed by atoms with van der Waals surface area (Å²) in [5, 5.41) is 2.83. The summed E-state index contributed by atoms with van der Waals surface area (Å²) in [5.41, 5.74) is 8.18. The number of piperidine rings is 1. The average molecular weight is 368 g/mol. The first kappa shape index (κ1) is 17.1. The Morgan fingerprint density at radius 3 is 2.69 bits per heavy atom. The first-order valence-corrected chi connectivity index (χ1v) is 9.27. The van der Waals surface area contributed by atoms with Gasteiger partial charge < -0.3 is 15.4 Å². The van der Waals surface area contributed by atoms with Gasteiger partial charge in [-0.15, -0.1) is 0 Å². The minimum atomic E-state index is 0.282. The van der Waals surface area contributed by atoms with Crippen LogP contribution in [0.2, 0.25) is 5.02 Å². The number of fused-ring (bicyclic) bond motifs is 1. The Bertz CT molecular complexity index is 936. The van der Waals surface area contributed by atoms with E-state index in [2.05, 4.69) is 17.0 Å². The van der Waals surface area contributed by atoms with Gasteiger partial charge in [-0.2, -0.15) is 0 Å². The Hall–Kier alpha value is -2.30. The van der Waals surface area contributed by atoms with E-state index in [0.29, 0.717) is 0 Å². The summed E-state index contributed by atoms with van der Waals surface area (Å²) in [5.74, 6) is 1.77. The lowest BCUT2D eigenvalue weighted by Crippen LogP contribution is -2.40. The lowest BCUT2D eigenvalue weighted by atomic mass is 9.99. The van der Waals surface area contributed by atoms with E-state index in [1.807, 2.05) is 36.5 Å². The van der Waals surface area contributed by atoms with Crippen LogP contribution in [-0.4, -0.2) is 31.2 Å². The maximum Gasteiger partial charge on any atom is 0.137 e. The minimum Gasteiger partial charge on any atom is -0.497 e. The van der Waals surface area contributed by atoms with Crippen molar-refractivity contribution < 1.29 is 4.74 Å². The Morgan fingerprint density at radius 2 is 1.92 bits per heavy atom. The van der Waals surface area contributed by atoms with Crippen molar-refractivity contribution in [1.82, 2.24) is 4.98 Å². The number of halogens is 1. The lowest BCUT2D eigenvalue weighted by Gasteiger charge is -2.32. The van der Waals surface area contributed by atoms with Crippen molar-refractivity contribution in [3.63, 3.8) is 0 Å². The molecule has 0 atom stereocenters. The topological polar surface area (TPSA) is 51.4 Å². The number of anilines is 1. The van der Waals surface area contributed by atoms with Crippen molar-refractivity contribution in [3.05, 3.63) is 53.7 Å². The smallest absolute Gasteiger partial charge is 0.137 e. The van der Waals surface area contributed by atoms with Gasteiger partial charge in [-0.05, 0) is 42.0 Å². The molecule has 134 valence electrons. The number of nitrogens with zero attached hydrogens (tertiary/aromatic N) is 2. The Morgan fingerprint density at radius 1 is 1.15 bits per heavy atom. The Labute approximate surface area is 158 Å². The molecule has 1 fully saturated rings. The van der Waals surface area contributed by atoms with E-state index in [0.717, 1.165) is 64.4 Å². The third-order valence-electron chi connectivity index (χ3n) is 5.06. The van der Waals surface area contributed by atoms with Crippen LogP contribution in [0.3, 0.4) is 0 Å². The molecule has 5 heteroatoms. The van der Waals surface area contributed by atoms with E-state index >= 15 is 0 Å².